The maximum Gasteiger partial charge on any atom is 0.322 e. The fourth-order valence-electron chi connectivity index (χ4n) is 5.27. The first-order valence-electron chi connectivity index (χ1n) is 12.9. The molecule has 0 aliphatic carbocycles. The van der Waals surface area contributed by atoms with Crippen LogP contribution in [0.15, 0.2) is 97.2 Å². The van der Waals surface area contributed by atoms with Crippen molar-refractivity contribution in [2.45, 2.75) is 25.9 Å². The van der Waals surface area contributed by atoms with Crippen LogP contribution in [0.5, 0.6) is 5.75 Å². The second-order valence-electron chi connectivity index (χ2n) is 9.40. The molecule has 1 aliphatic heterocycles. The molecular weight excluding hydrogens is 510 g/mol. The Morgan fingerprint density at radius 3 is 2.62 bits per heavy atom. The highest BCUT2D eigenvalue weighted by molar-refractivity contribution is 6.30. The number of carbonyl (C=O) groups excluding carboxylic acids is 1. The third-order valence-corrected chi connectivity index (χ3v) is 7.29. The number of fused-ring (bicyclic) bond motifs is 3. The SMILES string of the molecule is CCc1nn(-c2ccccc2)c2c1CN(C(=O)Nc1cccc(Cl)c1)[C@H](c1cccc(OC)c1)c1cccn1-2. The third kappa shape index (κ3) is 4.55. The fourth-order valence-corrected chi connectivity index (χ4v) is 5.46. The molecule has 39 heavy (non-hydrogen) atoms. The van der Waals surface area contributed by atoms with E-state index in [1.165, 1.54) is 0 Å². The highest BCUT2D eigenvalue weighted by Gasteiger charge is 2.36. The van der Waals surface area contributed by atoms with E-state index in [1.807, 2.05) is 88.6 Å². The number of nitrogens with one attached hydrogen (secondary N) is 1. The molecule has 196 valence electrons. The van der Waals surface area contributed by atoms with Crippen LogP contribution in [-0.2, 0) is 13.0 Å². The predicted molar refractivity (Wildman–Crippen MR) is 153 cm³/mol. The first-order valence-corrected chi connectivity index (χ1v) is 13.3. The van der Waals surface area contributed by atoms with E-state index in [9.17, 15) is 4.79 Å². The monoisotopic (exact) mass is 537 g/mol. The number of para-hydroxylation sites is 1. The van der Waals surface area contributed by atoms with Gasteiger partial charge in [-0.1, -0.05) is 54.9 Å². The number of methoxy groups -OCH3 is 1. The Morgan fingerprint density at radius 1 is 1.03 bits per heavy atom. The smallest absolute Gasteiger partial charge is 0.322 e. The zero-order chi connectivity index (χ0) is 26.9. The Labute approximate surface area is 232 Å². The molecule has 0 unspecified atom stereocenters. The lowest BCUT2D eigenvalue weighted by Crippen LogP contribution is -2.38. The Balaban J connectivity index is 1.56. The quantitative estimate of drug-likeness (QED) is 0.262. The molecule has 2 amide bonds. The van der Waals surface area contributed by atoms with Gasteiger partial charge in [-0.25, -0.2) is 9.48 Å². The number of ether oxygens (including phenoxy) is 1. The minimum atomic E-state index is -0.393. The van der Waals surface area contributed by atoms with Crippen molar-refractivity contribution in [1.82, 2.24) is 19.2 Å². The Morgan fingerprint density at radius 2 is 1.85 bits per heavy atom. The van der Waals surface area contributed by atoms with E-state index in [2.05, 4.69) is 22.9 Å². The lowest BCUT2D eigenvalue weighted by Gasteiger charge is -2.31. The Kier molecular flexibility index (Phi) is 6.59. The third-order valence-electron chi connectivity index (χ3n) is 7.05. The van der Waals surface area contributed by atoms with Crippen molar-refractivity contribution in [3.8, 4) is 17.3 Å². The lowest BCUT2D eigenvalue weighted by molar-refractivity contribution is 0.194. The van der Waals surface area contributed by atoms with E-state index < -0.39 is 6.04 Å². The molecule has 1 N–H and O–H groups in total. The molecule has 0 saturated carbocycles. The van der Waals surface area contributed by atoms with Gasteiger partial charge < -0.3 is 19.5 Å². The van der Waals surface area contributed by atoms with Crippen LogP contribution < -0.4 is 10.1 Å². The number of hydrogen-bond donors (Lipinski definition) is 1. The normalized spacial score (nSPS) is 14.3. The van der Waals surface area contributed by atoms with Gasteiger partial charge >= 0.3 is 6.03 Å². The molecule has 0 radical (unpaired) electrons. The molecule has 6 rings (SSSR count). The number of urea groups is 1. The lowest BCUT2D eigenvalue weighted by atomic mass is 10.0. The standard InChI is InChI=1S/C31H28ClN5O2/c1-3-27-26-20-36(31(38)33-23-12-8-11-22(32)19-23)29(21-10-7-15-25(18-21)39-2)28-16-9-17-35(28)30(26)37(34-27)24-13-5-4-6-14-24/h4-19,29H,3,20H2,1-2H3,(H,33,38)/t29-/m1/s1. The molecule has 7 nitrogen and oxygen atoms in total. The van der Waals surface area contributed by atoms with Crippen LogP contribution in [-0.4, -0.2) is 32.4 Å². The number of halogens is 1. The second kappa shape index (κ2) is 10.3. The predicted octanol–water partition coefficient (Wildman–Crippen LogP) is 7.02. The van der Waals surface area contributed by atoms with Gasteiger partial charge in [-0.15, -0.1) is 0 Å². The number of aryl methyl sites for hydroxylation is 1. The van der Waals surface area contributed by atoms with E-state index >= 15 is 0 Å². The van der Waals surface area contributed by atoms with Crippen LogP contribution >= 0.6 is 11.6 Å². The summed E-state index contributed by atoms with van der Waals surface area (Å²) in [5, 5.41) is 8.65. The molecule has 1 atom stereocenters. The summed E-state index contributed by atoms with van der Waals surface area (Å²) in [5.41, 5.74) is 5.43. The van der Waals surface area contributed by atoms with E-state index in [0.717, 1.165) is 46.2 Å². The maximum atomic E-state index is 14.1. The molecule has 0 fully saturated rings. The van der Waals surface area contributed by atoms with Crippen molar-refractivity contribution in [2.24, 2.45) is 0 Å². The first kappa shape index (κ1) is 24.8. The number of benzene rings is 3. The van der Waals surface area contributed by atoms with Crippen LogP contribution in [0.2, 0.25) is 5.02 Å². The number of anilines is 1. The van der Waals surface area contributed by atoms with E-state index in [1.54, 1.807) is 19.2 Å². The van der Waals surface area contributed by atoms with Gasteiger partial charge in [0.2, 0.25) is 0 Å². The summed E-state index contributed by atoms with van der Waals surface area (Å²) in [6, 6.07) is 28.6. The molecular formula is C31H28ClN5O2. The van der Waals surface area contributed by atoms with Crippen molar-refractivity contribution in [3.63, 3.8) is 0 Å². The molecule has 0 spiro atoms. The highest BCUT2D eigenvalue weighted by atomic mass is 35.5. The number of hydrogen-bond acceptors (Lipinski definition) is 3. The maximum absolute atomic E-state index is 14.1. The summed E-state index contributed by atoms with van der Waals surface area (Å²) in [6.45, 7) is 2.45. The number of nitrogens with zero attached hydrogens (tertiary/aromatic N) is 4. The van der Waals surface area contributed by atoms with Crippen molar-refractivity contribution in [2.75, 3.05) is 12.4 Å². The van der Waals surface area contributed by atoms with Crippen molar-refractivity contribution >= 4 is 23.3 Å². The second-order valence-corrected chi connectivity index (χ2v) is 9.84. The van der Waals surface area contributed by atoms with Crippen LogP contribution in [0.4, 0.5) is 10.5 Å². The van der Waals surface area contributed by atoms with Gasteiger partial charge in [0.25, 0.3) is 0 Å². The van der Waals surface area contributed by atoms with Crippen LogP contribution in [0.3, 0.4) is 0 Å². The zero-order valence-corrected chi connectivity index (χ0v) is 22.5. The van der Waals surface area contributed by atoms with Gasteiger partial charge in [-0.2, -0.15) is 5.10 Å². The van der Waals surface area contributed by atoms with Crippen molar-refractivity contribution in [3.05, 3.63) is 125 Å². The summed E-state index contributed by atoms with van der Waals surface area (Å²) >= 11 is 6.22. The van der Waals surface area contributed by atoms with E-state index in [0.29, 0.717) is 17.3 Å². The van der Waals surface area contributed by atoms with Gasteiger partial charge in [-0.3, -0.25) is 0 Å². The number of amides is 2. The molecule has 0 saturated heterocycles. The molecule has 1 aliphatic rings. The van der Waals surface area contributed by atoms with Crippen LogP contribution in [0, 0.1) is 0 Å². The van der Waals surface area contributed by atoms with Gasteiger partial charge in [0, 0.05) is 22.5 Å². The Hall–Kier alpha value is -4.49. The Bertz CT molecular complexity index is 1640. The molecule has 3 aromatic carbocycles. The van der Waals surface area contributed by atoms with Crippen LogP contribution in [0.25, 0.3) is 11.5 Å². The van der Waals surface area contributed by atoms with Crippen LogP contribution in [0.1, 0.15) is 35.5 Å². The van der Waals surface area contributed by atoms with Crippen molar-refractivity contribution in [1.29, 1.82) is 0 Å². The van der Waals surface area contributed by atoms with E-state index in [4.69, 9.17) is 21.4 Å². The average Bonchev–Trinajstić information content (AvgIpc) is 3.54. The summed E-state index contributed by atoms with van der Waals surface area (Å²) in [6.07, 6.45) is 2.77. The number of rotatable bonds is 5. The topological polar surface area (TPSA) is 64.3 Å². The first-order chi connectivity index (χ1) is 19.1. The molecule has 5 aromatic rings. The summed E-state index contributed by atoms with van der Waals surface area (Å²) in [7, 11) is 1.65. The zero-order valence-electron chi connectivity index (χ0n) is 21.7. The minimum absolute atomic E-state index is 0.236. The van der Waals surface area contributed by atoms with Gasteiger partial charge in [0.15, 0.2) is 0 Å². The largest absolute Gasteiger partial charge is 0.497 e. The van der Waals surface area contributed by atoms with Gasteiger partial charge in [0.1, 0.15) is 11.6 Å². The summed E-state index contributed by atoms with van der Waals surface area (Å²) < 4.78 is 9.70. The number of aromatic nitrogens is 3. The van der Waals surface area contributed by atoms with Gasteiger partial charge in [-0.05, 0) is 66.6 Å². The number of carbonyl (C=O) groups is 1. The molecule has 2 aromatic heterocycles. The van der Waals surface area contributed by atoms with Gasteiger partial charge in [0.05, 0.1) is 36.8 Å². The van der Waals surface area contributed by atoms with Crippen molar-refractivity contribution < 1.29 is 9.53 Å². The molecule has 3 heterocycles. The minimum Gasteiger partial charge on any atom is -0.497 e. The molecule has 0 bridgehead atoms. The summed E-state index contributed by atoms with van der Waals surface area (Å²) in [4.78, 5) is 16.0. The highest BCUT2D eigenvalue weighted by Crippen LogP contribution is 2.39. The molecule has 8 heteroatoms. The van der Waals surface area contributed by atoms with E-state index in [-0.39, 0.29) is 6.03 Å². The fraction of sp³-hybridized carbons (Fsp3) is 0.161. The average molecular weight is 538 g/mol. The summed E-state index contributed by atoms with van der Waals surface area (Å²) in [5.74, 6) is 1.66.